The molecule has 0 radical (unpaired) electrons. The minimum atomic E-state index is -0.120. The van der Waals surface area contributed by atoms with E-state index in [4.69, 9.17) is 0 Å². The minimum absolute atomic E-state index is 0.120. The fourth-order valence-corrected chi connectivity index (χ4v) is 2.96. The van der Waals surface area contributed by atoms with Crippen LogP contribution >= 0.6 is 11.8 Å². The topological polar surface area (TPSA) is 52.6 Å². The maximum atomic E-state index is 12.2. The minimum Gasteiger partial charge on any atom is -0.508 e. The van der Waals surface area contributed by atoms with Gasteiger partial charge in [-0.2, -0.15) is 0 Å². The summed E-state index contributed by atoms with van der Waals surface area (Å²) in [4.78, 5) is 15.0. The second-order valence-corrected chi connectivity index (χ2v) is 5.75. The van der Waals surface area contributed by atoms with Crippen LogP contribution in [0.2, 0.25) is 0 Å². The Labute approximate surface area is 111 Å². The summed E-state index contributed by atoms with van der Waals surface area (Å²) in [6, 6.07) is 7.02. The molecule has 2 rings (SSSR count). The molecule has 1 aromatic carbocycles. The number of phenols is 1. The number of nitrogens with one attached hydrogen (secondary N) is 1. The summed E-state index contributed by atoms with van der Waals surface area (Å²) in [6.07, 6.45) is 0. The van der Waals surface area contributed by atoms with E-state index in [0.29, 0.717) is 0 Å². The van der Waals surface area contributed by atoms with Crippen molar-refractivity contribution in [1.82, 2.24) is 10.2 Å². The first-order valence-electron chi connectivity index (χ1n) is 6.12. The molecular formula is C13H18N2O2S. The number of piperazine rings is 1. The maximum absolute atomic E-state index is 12.2. The van der Waals surface area contributed by atoms with Crippen LogP contribution in [0.4, 0.5) is 0 Å². The first-order chi connectivity index (χ1) is 8.66. The first kappa shape index (κ1) is 13.2. The van der Waals surface area contributed by atoms with Gasteiger partial charge in [0.05, 0.1) is 5.25 Å². The Bertz CT molecular complexity index is 419. The van der Waals surface area contributed by atoms with Crippen molar-refractivity contribution < 1.29 is 9.90 Å². The lowest BCUT2D eigenvalue weighted by Gasteiger charge is -2.29. The molecule has 1 amide bonds. The molecule has 1 aliphatic heterocycles. The van der Waals surface area contributed by atoms with Crippen LogP contribution in [0.5, 0.6) is 5.75 Å². The zero-order valence-electron chi connectivity index (χ0n) is 10.4. The maximum Gasteiger partial charge on any atom is 0.235 e. The molecule has 0 bridgehead atoms. The van der Waals surface area contributed by atoms with E-state index in [1.54, 1.807) is 18.2 Å². The lowest BCUT2D eigenvalue weighted by molar-refractivity contribution is -0.130. The third-order valence-electron chi connectivity index (χ3n) is 2.91. The third-order valence-corrected chi connectivity index (χ3v) is 3.99. The van der Waals surface area contributed by atoms with Gasteiger partial charge in [0.2, 0.25) is 5.91 Å². The number of phenolic OH excluding ortho intramolecular Hbond substituents is 1. The number of rotatable bonds is 3. The van der Waals surface area contributed by atoms with Gasteiger partial charge in [0.15, 0.2) is 0 Å². The molecule has 1 atom stereocenters. The van der Waals surface area contributed by atoms with E-state index in [0.717, 1.165) is 31.1 Å². The Morgan fingerprint density at radius 1 is 1.44 bits per heavy atom. The Morgan fingerprint density at radius 3 is 2.83 bits per heavy atom. The zero-order chi connectivity index (χ0) is 13.0. The number of benzene rings is 1. The van der Waals surface area contributed by atoms with Gasteiger partial charge in [0.25, 0.3) is 0 Å². The molecule has 4 nitrogen and oxygen atoms in total. The van der Waals surface area contributed by atoms with Crippen LogP contribution in [0.15, 0.2) is 29.2 Å². The number of carbonyl (C=O) groups is 1. The molecule has 5 heteroatoms. The second kappa shape index (κ2) is 6.11. The van der Waals surface area contributed by atoms with Crippen LogP contribution in [-0.4, -0.2) is 47.3 Å². The molecular weight excluding hydrogens is 248 g/mol. The highest BCUT2D eigenvalue weighted by atomic mass is 32.2. The van der Waals surface area contributed by atoms with Gasteiger partial charge < -0.3 is 15.3 Å². The van der Waals surface area contributed by atoms with Crippen molar-refractivity contribution in [3.05, 3.63) is 24.3 Å². The third kappa shape index (κ3) is 3.40. The van der Waals surface area contributed by atoms with Gasteiger partial charge in [0.1, 0.15) is 5.75 Å². The molecule has 1 heterocycles. The molecule has 0 aromatic heterocycles. The molecule has 1 saturated heterocycles. The summed E-state index contributed by atoms with van der Waals surface area (Å²) in [7, 11) is 0. The largest absolute Gasteiger partial charge is 0.508 e. The van der Waals surface area contributed by atoms with Crippen molar-refractivity contribution in [3.8, 4) is 5.75 Å². The van der Waals surface area contributed by atoms with E-state index in [-0.39, 0.29) is 16.9 Å². The molecule has 0 spiro atoms. The van der Waals surface area contributed by atoms with Crippen molar-refractivity contribution in [3.63, 3.8) is 0 Å². The lowest BCUT2D eigenvalue weighted by atomic mass is 10.3. The van der Waals surface area contributed by atoms with Gasteiger partial charge >= 0.3 is 0 Å². The number of nitrogens with zero attached hydrogens (tertiary/aromatic N) is 1. The molecule has 0 saturated carbocycles. The number of thioether (sulfide) groups is 1. The van der Waals surface area contributed by atoms with Crippen LogP contribution in [-0.2, 0) is 4.79 Å². The Hall–Kier alpha value is -1.20. The Morgan fingerprint density at radius 2 is 2.17 bits per heavy atom. The lowest BCUT2D eigenvalue weighted by Crippen LogP contribution is -2.48. The van der Waals surface area contributed by atoms with Crippen LogP contribution in [0, 0.1) is 0 Å². The summed E-state index contributed by atoms with van der Waals surface area (Å²) in [5.41, 5.74) is 0. The smallest absolute Gasteiger partial charge is 0.235 e. The molecule has 0 aliphatic carbocycles. The molecule has 18 heavy (non-hydrogen) atoms. The molecule has 1 aromatic rings. The molecule has 98 valence electrons. The summed E-state index contributed by atoms with van der Waals surface area (Å²) >= 11 is 1.49. The monoisotopic (exact) mass is 266 g/mol. The average molecular weight is 266 g/mol. The van der Waals surface area contributed by atoms with E-state index in [1.165, 1.54) is 11.8 Å². The standard InChI is InChI=1S/C13H18N2O2S/c1-10(13(17)15-7-5-14-6-8-15)18-12-4-2-3-11(16)9-12/h2-4,9-10,14,16H,5-8H2,1H3. The van der Waals surface area contributed by atoms with Gasteiger partial charge in [-0.15, -0.1) is 11.8 Å². The highest BCUT2D eigenvalue weighted by molar-refractivity contribution is 8.00. The van der Waals surface area contributed by atoms with E-state index in [9.17, 15) is 9.90 Å². The van der Waals surface area contributed by atoms with E-state index in [1.807, 2.05) is 17.9 Å². The number of aromatic hydroxyl groups is 1. The summed E-state index contributed by atoms with van der Waals surface area (Å²) in [6.45, 7) is 5.22. The second-order valence-electron chi connectivity index (χ2n) is 4.33. The Balaban J connectivity index is 1.94. The average Bonchev–Trinajstić information content (AvgIpc) is 2.39. The van der Waals surface area contributed by atoms with E-state index in [2.05, 4.69) is 5.32 Å². The fraction of sp³-hybridized carbons (Fsp3) is 0.462. The van der Waals surface area contributed by atoms with Gasteiger partial charge in [-0.3, -0.25) is 4.79 Å². The van der Waals surface area contributed by atoms with Gasteiger partial charge in [-0.25, -0.2) is 0 Å². The van der Waals surface area contributed by atoms with Gasteiger partial charge in [-0.05, 0) is 25.1 Å². The molecule has 1 aliphatic rings. The summed E-state index contributed by atoms with van der Waals surface area (Å²) in [5.74, 6) is 0.409. The van der Waals surface area contributed by atoms with E-state index < -0.39 is 0 Å². The molecule has 2 N–H and O–H groups in total. The van der Waals surface area contributed by atoms with Crippen molar-refractivity contribution in [1.29, 1.82) is 0 Å². The molecule has 1 unspecified atom stereocenters. The van der Waals surface area contributed by atoms with Crippen molar-refractivity contribution in [2.45, 2.75) is 17.1 Å². The highest BCUT2D eigenvalue weighted by Crippen LogP contribution is 2.27. The first-order valence-corrected chi connectivity index (χ1v) is 7.00. The van der Waals surface area contributed by atoms with E-state index >= 15 is 0 Å². The number of hydrogen-bond acceptors (Lipinski definition) is 4. The van der Waals surface area contributed by atoms with Crippen LogP contribution in [0.3, 0.4) is 0 Å². The summed E-state index contributed by atoms with van der Waals surface area (Å²) in [5, 5.41) is 12.5. The number of carbonyl (C=O) groups excluding carboxylic acids is 1. The van der Waals surface area contributed by atoms with Crippen LogP contribution in [0.25, 0.3) is 0 Å². The van der Waals surface area contributed by atoms with Crippen molar-refractivity contribution in [2.24, 2.45) is 0 Å². The predicted molar refractivity (Wildman–Crippen MR) is 72.9 cm³/mol. The van der Waals surface area contributed by atoms with Crippen molar-refractivity contribution in [2.75, 3.05) is 26.2 Å². The van der Waals surface area contributed by atoms with Crippen molar-refractivity contribution >= 4 is 17.7 Å². The zero-order valence-corrected chi connectivity index (χ0v) is 11.2. The summed E-state index contributed by atoms with van der Waals surface area (Å²) < 4.78 is 0. The van der Waals surface area contributed by atoms with Crippen LogP contribution in [0.1, 0.15) is 6.92 Å². The number of amides is 1. The normalized spacial score (nSPS) is 17.5. The van der Waals surface area contributed by atoms with Gasteiger partial charge in [-0.1, -0.05) is 6.07 Å². The van der Waals surface area contributed by atoms with Gasteiger partial charge in [0, 0.05) is 31.1 Å². The highest BCUT2D eigenvalue weighted by Gasteiger charge is 2.22. The fourth-order valence-electron chi connectivity index (χ4n) is 1.95. The Kier molecular flexibility index (Phi) is 4.49. The molecule has 1 fully saturated rings. The number of hydrogen-bond donors (Lipinski definition) is 2. The SMILES string of the molecule is CC(Sc1cccc(O)c1)C(=O)N1CCNCC1. The predicted octanol–water partition coefficient (Wildman–Crippen LogP) is 1.30. The van der Waals surface area contributed by atoms with Crippen LogP contribution < -0.4 is 5.32 Å². The quantitative estimate of drug-likeness (QED) is 0.810.